The third kappa shape index (κ3) is 5.56. The molecule has 7 heteroatoms. The fraction of sp³-hybridized carbons (Fsp3) is 0. The highest BCUT2D eigenvalue weighted by molar-refractivity contribution is 7.40. The minimum atomic E-state index is -2.44. The topological polar surface area (TPSA) is 69.9 Å². The molecule has 2 atom stereocenters. The van der Waals surface area contributed by atoms with Crippen LogP contribution in [-0.4, -0.2) is 14.7 Å². The molecular formula is C24H21O4P3. The Hall–Kier alpha value is -2.15. The van der Waals surface area contributed by atoms with Crippen LogP contribution >= 0.6 is 26.6 Å². The van der Waals surface area contributed by atoms with Crippen molar-refractivity contribution >= 4 is 37.3 Å². The summed E-state index contributed by atoms with van der Waals surface area (Å²) in [7, 11) is 0.0475. The molecule has 4 rings (SSSR count). The molecule has 0 aliphatic rings. The van der Waals surface area contributed by atoms with Gasteiger partial charge in [-0.15, -0.1) is 9.24 Å². The Kier molecular flexibility index (Phi) is 7.10. The van der Waals surface area contributed by atoms with E-state index in [0.29, 0.717) is 5.75 Å². The van der Waals surface area contributed by atoms with Gasteiger partial charge in [0.1, 0.15) is 5.75 Å². The summed E-state index contributed by atoms with van der Waals surface area (Å²) in [5, 5.41) is 2.03. The summed E-state index contributed by atoms with van der Waals surface area (Å²) in [6.07, 6.45) is 0. The zero-order valence-corrected chi connectivity index (χ0v) is 19.5. The highest BCUT2D eigenvalue weighted by Gasteiger charge is 2.09. The fourth-order valence-corrected chi connectivity index (χ4v) is 4.16. The second-order valence-corrected chi connectivity index (χ2v) is 9.13. The molecule has 0 fully saturated rings. The van der Waals surface area contributed by atoms with Crippen LogP contribution in [0, 0.1) is 0 Å². The first-order valence-corrected chi connectivity index (χ1v) is 12.2. The molecule has 4 nitrogen and oxygen atoms in total. The van der Waals surface area contributed by atoms with Crippen LogP contribution in [0.1, 0.15) is 0 Å². The van der Waals surface area contributed by atoms with Gasteiger partial charge in [0.2, 0.25) is 0 Å². The van der Waals surface area contributed by atoms with E-state index in [1.807, 2.05) is 36.4 Å². The fourth-order valence-electron chi connectivity index (χ4n) is 3.34. The molecule has 0 saturated heterocycles. The standard InChI is InChI=1S/C24H21O4P3/c25-30-24-11-5-18(6-12-24)21-14-19(16-1-7-22(8-2-16)28-31(26)27)13-20(15-21)17-3-9-23(29)10-4-17/h1-15,25-27,30H,29H2. The largest absolute Gasteiger partial charge is 0.427 e. The molecule has 31 heavy (non-hydrogen) atoms. The first-order chi connectivity index (χ1) is 15.0. The Labute approximate surface area is 186 Å². The molecule has 0 radical (unpaired) electrons. The lowest BCUT2D eigenvalue weighted by Crippen LogP contribution is -1.93. The zero-order valence-electron chi connectivity index (χ0n) is 16.4. The third-order valence-corrected chi connectivity index (χ3v) is 6.25. The maximum Gasteiger partial charge on any atom is 0.391 e. The van der Waals surface area contributed by atoms with E-state index in [9.17, 15) is 4.89 Å². The molecule has 0 aliphatic carbocycles. The van der Waals surface area contributed by atoms with Gasteiger partial charge in [-0.1, -0.05) is 60.7 Å². The molecule has 0 saturated carbocycles. The van der Waals surface area contributed by atoms with E-state index in [0.717, 1.165) is 44.0 Å². The van der Waals surface area contributed by atoms with Gasteiger partial charge >= 0.3 is 8.60 Å². The van der Waals surface area contributed by atoms with Crippen molar-refractivity contribution in [3.8, 4) is 39.1 Å². The van der Waals surface area contributed by atoms with Gasteiger partial charge in [0.05, 0.1) is 0 Å². The lowest BCUT2D eigenvalue weighted by atomic mass is 9.93. The summed E-state index contributed by atoms with van der Waals surface area (Å²) in [6, 6.07) is 30.0. The van der Waals surface area contributed by atoms with Crippen molar-refractivity contribution in [2.24, 2.45) is 0 Å². The number of hydrogen-bond acceptors (Lipinski definition) is 4. The van der Waals surface area contributed by atoms with Crippen molar-refractivity contribution < 1.29 is 19.2 Å². The Morgan fingerprint density at radius 2 is 1.03 bits per heavy atom. The van der Waals surface area contributed by atoms with Gasteiger partial charge < -0.3 is 19.2 Å². The Balaban J connectivity index is 1.79. The van der Waals surface area contributed by atoms with Gasteiger partial charge in [-0.05, 0) is 74.3 Å². The van der Waals surface area contributed by atoms with Crippen LogP contribution in [0.25, 0.3) is 33.4 Å². The van der Waals surface area contributed by atoms with Gasteiger partial charge in [0.15, 0.2) is 0 Å². The lowest BCUT2D eigenvalue weighted by molar-refractivity contribution is 0.375. The van der Waals surface area contributed by atoms with E-state index in [1.54, 1.807) is 12.1 Å². The molecule has 0 amide bonds. The van der Waals surface area contributed by atoms with Crippen molar-refractivity contribution in [2.45, 2.75) is 0 Å². The van der Waals surface area contributed by atoms with E-state index in [2.05, 4.69) is 51.7 Å². The average Bonchev–Trinajstić information content (AvgIpc) is 2.79. The normalized spacial score (nSPS) is 11.4. The minimum Gasteiger partial charge on any atom is -0.427 e. The highest BCUT2D eigenvalue weighted by Crippen LogP contribution is 2.35. The predicted molar refractivity (Wildman–Crippen MR) is 134 cm³/mol. The molecule has 156 valence electrons. The maximum atomic E-state index is 9.37. The van der Waals surface area contributed by atoms with E-state index in [1.165, 1.54) is 0 Å². The van der Waals surface area contributed by atoms with Gasteiger partial charge in [-0.2, -0.15) is 0 Å². The Morgan fingerprint density at radius 1 is 0.613 bits per heavy atom. The molecule has 0 spiro atoms. The van der Waals surface area contributed by atoms with E-state index in [-0.39, 0.29) is 8.81 Å². The van der Waals surface area contributed by atoms with Crippen LogP contribution < -0.4 is 15.1 Å². The van der Waals surface area contributed by atoms with Gasteiger partial charge in [-0.25, -0.2) is 0 Å². The molecule has 0 aromatic heterocycles. The molecule has 0 aliphatic heterocycles. The molecule has 0 heterocycles. The van der Waals surface area contributed by atoms with Crippen molar-refractivity contribution in [1.29, 1.82) is 0 Å². The van der Waals surface area contributed by atoms with Gasteiger partial charge in [-0.3, -0.25) is 0 Å². The summed E-state index contributed by atoms with van der Waals surface area (Å²) >= 11 is 0. The second-order valence-electron chi connectivity index (χ2n) is 6.98. The summed E-state index contributed by atoms with van der Waals surface area (Å²) in [5.74, 6) is 0.410. The molecule has 3 N–H and O–H groups in total. The molecular weight excluding hydrogens is 445 g/mol. The third-order valence-electron chi connectivity index (χ3n) is 4.90. The van der Waals surface area contributed by atoms with Crippen molar-refractivity contribution in [3.05, 3.63) is 91.0 Å². The SMILES string of the molecule is OPc1ccc(-c2cc(-c3ccc(P)cc3)cc(-c3ccc(OP(O)O)cc3)c2)cc1. The molecule has 2 unspecified atom stereocenters. The monoisotopic (exact) mass is 466 g/mol. The van der Waals surface area contributed by atoms with Crippen LogP contribution in [0.4, 0.5) is 0 Å². The first-order valence-electron chi connectivity index (χ1n) is 9.50. The molecule has 4 aromatic carbocycles. The van der Waals surface area contributed by atoms with E-state index < -0.39 is 8.60 Å². The summed E-state index contributed by atoms with van der Waals surface area (Å²) in [5.41, 5.74) is 6.39. The molecule has 4 aromatic rings. The quantitative estimate of drug-likeness (QED) is 0.351. The smallest absolute Gasteiger partial charge is 0.391 e. The molecule has 0 bridgehead atoms. The number of hydrogen-bond donors (Lipinski definition) is 3. The van der Waals surface area contributed by atoms with Crippen LogP contribution in [0.5, 0.6) is 5.75 Å². The van der Waals surface area contributed by atoms with Crippen molar-refractivity contribution in [1.82, 2.24) is 0 Å². The zero-order chi connectivity index (χ0) is 21.8. The van der Waals surface area contributed by atoms with Crippen LogP contribution in [0.15, 0.2) is 91.0 Å². The van der Waals surface area contributed by atoms with Crippen LogP contribution in [0.2, 0.25) is 0 Å². The lowest BCUT2D eigenvalue weighted by Gasteiger charge is -2.12. The Bertz CT molecular complexity index is 1160. The number of benzene rings is 4. The average molecular weight is 466 g/mol. The summed E-state index contributed by atoms with van der Waals surface area (Å²) in [4.78, 5) is 27.5. The second kappa shape index (κ2) is 9.98. The van der Waals surface area contributed by atoms with Crippen molar-refractivity contribution in [3.63, 3.8) is 0 Å². The van der Waals surface area contributed by atoms with Crippen LogP contribution in [0.3, 0.4) is 0 Å². The van der Waals surface area contributed by atoms with Gasteiger partial charge in [0, 0.05) is 8.81 Å². The Morgan fingerprint density at radius 3 is 1.45 bits per heavy atom. The summed E-state index contributed by atoms with van der Waals surface area (Å²) in [6.45, 7) is 0. The highest BCUT2D eigenvalue weighted by atomic mass is 31.2. The first kappa shape index (κ1) is 22.1. The minimum absolute atomic E-state index is 0.218. The van der Waals surface area contributed by atoms with Crippen molar-refractivity contribution in [2.75, 3.05) is 0 Å². The predicted octanol–water partition coefficient (Wildman–Crippen LogP) is 4.99. The maximum absolute atomic E-state index is 9.37. The number of rotatable bonds is 6. The van der Waals surface area contributed by atoms with Crippen LogP contribution in [-0.2, 0) is 0 Å². The van der Waals surface area contributed by atoms with Gasteiger partial charge in [0.25, 0.3) is 0 Å². The summed E-state index contributed by atoms with van der Waals surface area (Å²) < 4.78 is 4.98. The van der Waals surface area contributed by atoms with E-state index in [4.69, 9.17) is 14.3 Å². The van der Waals surface area contributed by atoms with E-state index >= 15 is 0 Å².